The van der Waals surface area contributed by atoms with Gasteiger partial charge in [-0.1, -0.05) is 40.2 Å². The number of allylic oxidation sites excluding steroid dienone is 2. The molecule has 2 heteroatoms. The Labute approximate surface area is 154 Å². The van der Waals surface area contributed by atoms with Crippen LogP contribution in [0.15, 0.2) is 11.6 Å². The SMILES string of the molecule is CC.CCC1=CC(=O)CCC1(C)C1CCC2(C)C(CCC2C(C)=O)C1. The Hall–Kier alpha value is -0.920. The highest BCUT2D eigenvalue weighted by Gasteiger charge is 2.53. The molecule has 25 heavy (non-hydrogen) atoms. The summed E-state index contributed by atoms with van der Waals surface area (Å²) in [7, 11) is 0. The second-order valence-electron chi connectivity index (χ2n) is 8.82. The molecule has 3 aliphatic rings. The second-order valence-corrected chi connectivity index (χ2v) is 8.82. The number of rotatable bonds is 3. The minimum absolute atomic E-state index is 0.207. The molecule has 3 aliphatic carbocycles. The highest BCUT2D eigenvalue weighted by atomic mass is 16.1. The molecule has 0 bridgehead atoms. The molecule has 2 saturated carbocycles. The zero-order valence-electron chi connectivity index (χ0n) is 17.3. The van der Waals surface area contributed by atoms with E-state index in [9.17, 15) is 9.59 Å². The summed E-state index contributed by atoms with van der Waals surface area (Å²) in [6.45, 7) is 12.8. The van der Waals surface area contributed by atoms with Gasteiger partial charge in [0.2, 0.25) is 0 Å². The molecule has 0 radical (unpaired) electrons. The van der Waals surface area contributed by atoms with E-state index in [0.717, 1.165) is 19.3 Å². The summed E-state index contributed by atoms with van der Waals surface area (Å²) in [5, 5.41) is 0. The van der Waals surface area contributed by atoms with E-state index in [0.29, 0.717) is 29.8 Å². The molecule has 0 amide bonds. The molecular formula is C23H38O2. The van der Waals surface area contributed by atoms with Crippen LogP contribution in [-0.4, -0.2) is 11.6 Å². The van der Waals surface area contributed by atoms with Crippen LogP contribution >= 0.6 is 0 Å². The van der Waals surface area contributed by atoms with E-state index in [4.69, 9.17) is 0 Å². The lowest BCUT2D eigenvalue weighted by molar-refractivity contribution is -0.125. The fourth-order valence-electron chi connectivity index (χ4n) is 6.22. The molecule has 5 unspecified atom stereocenters. The average molecular weight is 347 g/mol. The van der Waals surface area contributed by atoms with Gasteiger partial charge in [0, 0.05) is 12.3 Å². The normalized spacial score (nSPS) is 40.6. The minimum atomic E-state index is 0.207. The lowest BCUT2D eigenvalue weighted by atomic mass is 9.54. The first kappa shape index (κ1) is 20.4. The van der Waals surface area contributed by atoms with E-state index in [1.165, 1.54) is 31.3 Å². The summed E-state index contributed by atoms with van der Waals surface area (Å²) < 4.78 is 0. The van der Waals surface area contributed by atoms with Gasteiger partial charge >= 0.3 is 0 Å². The Morgan fingerprint density at radius 1 is 1.12 bits per heavy atom. The van der Waals surface area contributed by atoms with Gasteiger partial charge < -0.3 is 0 Å². The highest BCUT2D eigenvalue weighted by Crippen LogP contribution is 2.61. The summed E-state index contributed by atoms with van der Waals surface area (Å²) in [5.41, 5.74) is 1.82. The molecule has 0 aromatic carbocycles. The molecule has 0 N–H and O–H groups in total. The molecule has 0 aromatic rings. The Balaban J connectivity index is 0.00000109. The number of fused-ring (bicyclic) bond motifs is 1. The maximum Gasteiger partial charge on any atom is 0.155 e. The Kier molecular flexibility index (Phi) is 6.33. The Morgan fingerprint density at radius 2 is 1.80 bits per heavy atom. The zero-order valence-corrected chi connectivity index (χ0v) is 17.3. The maximum atomic E-state index is 12.0. The van der Waals surface area contributed by atoms with Crippen molar-refractivity contribution >= 4 is 11.6 Å². The summed E-state index contributed by atoms with van der Waals surface area (Å²) in [6, 6.07) is 0. The fraction of sp³-hybridized carbons (Fsp3) is 0.826. The van der Waals surface area contributed by atoms with Gasteiger partial charge in [-0.25, -0.2) is 0 Å². The smallest absolute Gasteiger partial charge is 0.155 e. The molecular weight excluding hydrogens is 308 g/mol. The molecule has 0 saturated heterocycles. The summed E-state index contributed by atoms with van der Waals surface area (Å²) in [5.74, 6) is 2.39. The molecule has 2 nitrogen and oxygen atoms in total. The van der Waals surface area contributed by atoms with Crippen molar-refractivity contribution in [2.24, 2.45) is 28.6 Å². The van der Waals surface area contributed by atoms with Gasteiger partial charge in [-0.2, -0.15) is 0 Å². The van der Waals surface area contributed by atoms with Crippen LogP contribution < -0.4 is 0 Å². The van der Waals surface area contributed by atoms with E-state index in [1.807, 2.05) is 19.9 Å². The van der Waals surface area contributed by atoms with Gasteiger partial charge in [-0.3, -0.25) is 9.59 Å². The van der Waals surface area contributed by atoms with Crippen molar-refractivity contribution in [3.05, 3.63) is 11.6 Å². The number of carbonyl (C=O) groups is 2. The summed E-state index contributed by atoms with van der Waals surface area (Å²) >= 11 is 0. The molecule has 142 valence electrons. The van der Waals surface area contributed by atoms with E-state index < -0.39 is 0 Å². The lowest BCUT2D eigenvalue weighted by Gasteiger charge is -2.50. The lowest BCUT2D eigenvalue weighted by Crippen LogP contribution is -2.43. The fourth-order valence-corrected chi connectivity index (χ4v) is 6.22. The van der Waals surface area contributed by atoms with Gasteiger partial charge in [0.15, 0.2) is 5.78 Å². The van der Waals surface area contributed by atoms with Crippen LogP contribution in [0.3, 0.4) is 0 Å². The van der Waals surface area contributed by atoms with Crippen LogP contribution in [0.25, 0.3) is 0 Å². The number of ketones is 2. The molecule has 0 heterocycles. The zero-order chi connectivity index (χ0) is 18.8. The van der Waals surface area contributed by atoms with Crippen molar-refractivity contribution < 1.29 is 9.59 Å². The van der Waals surface area contributed by atoms with Gasteiger partial charge in [0.25, 0.3) is 0 Å². The van der Waals surface area contributed by atoms with Crippen molar-refractivity contribution in [3.8, 4) is 0 Å². The van der Waals surface area contributed by atoms with E-state index in [-0.39, 0.29) is 16.7 Å². The number of hydrogen-bond donors (Lipinski definition) is 0. The van der Waals surface area contributed by atoms with Crippen molar-refractivity contribution in [2.75, 3.05) is 0 Å². The standard InChI is InChI=1S/C21H32O2.C2H6/c1-5-15-13-18(23)9-11-20(15,3)17-8-10-21(4)16(12-17)6-7-19(21)14(2)22;1-2/h13,16-17,19H,5-12H2,1-4H3;1-2H3. The molecule has 0 aliphatic heterocycles. The van der Waals surface area contributed by atoms with Gasteiger partial charge in [-0.05, 0) is 80.6 Å². The molecule has 3 rings (SSSR count). The van der Waals surface area contributed by atoms with Crippen LogP contribution in [0.2, 0.25) is 0 Å². The molecule has 2 fully saturated rings. The van der Waals surface area contributed by atoms with Crippen LogP contribution in [0.4, 0.5) is 0 Å². The van der Waals surface area contributed by atoms with Crippen molar-refractivity contribution in [1.82, 2.24) is 0 Å². The van der Waals surface area contributed by atoms with Crippen LogP contribution in [0, 0.1) is 28.6 Å². The predicted octanol–water partition coefficient (Wildman–Crippen LogP) is 6.14. The van der Waals surface area contributed by atoms with Crippen molar-refractivity contribution in [3.63, 3.8) is 0 Å². The first-order valence-electron chi connectivity index (χ1n) is 10.6. The van der Waals surface area contributed by atoms with Crippen molar-refractivity contribution in [2.45, 2.75) is 92.9 Å². The van der Waals surface area contributed by atoms with E-state index in [1.54, 1.807) is 6.92 Å². The average Bonchev–Trinajstić information content (AvgIpc) is 2.95. The predicted molar refractivity (Wildman–Crippen MR) is 104 cm³/mol. The third kappa shape index (κ3) is 3.51. The Bertz CT molecular complexity index is 546. The summed E-state index contributed by atoms with van der Waals surface area (Å²) in [6.07, 6.45) is 10.7. The van der Waals surface area contributed by atoms with Crippen LogP contribution in [-0.2, 0) is 9.59 Å². The van der Waals surface area contributed by atoms with Crippen molar-refractivity contribution in [1.29, 1.82) is 0 Å². The monoisotopic (exact) mass is 346 g/mol. The molecule has 0 spiro atoms. The number of Topliss-reactive ketones (excluding diaryl/α,β-unsaturated/α-hetero) is 1. The van der Waals surface area contributed by atoms with Gasteiger partial charge in [-0.15, -0.1) is 0 Å². The third-order valence-electron chi connectivity index (χ3n) is 7.87. The minimum Gasteiger partial charge on any atom is -0.300 e. The number of hydrogen-bond acceptors (Lipinski definition) is 2. The maximum absolute atomic E-state index is 12.0. The first-order valence-corrected chi connectivity index (χ1v) is 10.6. The largest absolute Gasteiger partial charge is 0.300 e. The van der Waals surface area contributed by atoms with Gasteiger partial charge in [0.05, 0.1) is 0 Å². The number of carbonyl (C=O) groups excluding carboxylic acids is 2. The van der Waals surface area contributed by atoms with Crippen LogP contribution in [0.5, 0.6) is 0 Å². The van der Waals surface area contributed by atoms with Crippen LogP contribution in [0.1, 0.15) is 92.9 Å². The second kappa shape index (κ2) is 7.76. The highest BCUT2D eigenvalue weighted by molar-refractivity contribution is 5.91. The third-order valence-corrected chi connectivity index (χ3v) is 7.87. The van der Waals surface area contributed by atoms with E-state index in [2.05, 4.69) is 20.8 Å². The van der Waals surface area contributed by atoms with E-state index >= 15 is 0 Å². The quantitative estimate of drug-likeness (QED) is 0.615. The summed E-state index contributed by atoms with van der Waals surface area (Å²) in [4.78, 5) is 23.9. The van der Waals surface area contributed by atoms with Gasteiger partial charge in [0.1, 0.15) is 5.78 Å². The Morgan fingerprint density at radius 3 is 2.40 bits per heavy atom. The first-order chi connectivity index (χ1) is 11.8. The molecule has 5 atom stereocenters. The molecule has 0 aromatic heterocycles. The topological polar surface area (TPSA) is 34.1 Å².